The molecule has 0 fully saturated rings. The van der Waals surface area contributed by atoms with Gasteiger partial charge in [0.15, 0.2) is 0 Å². The molecule has 0 spiro atoms. The van der Waals surface area contributed by atoms with Crippen LogP contribution in [0.2, 0.25) is 0 Å². The molecule has 1 rings (SSSR count). The van der Waals surface area contributed by atoms with Crippen LogP contribution in [0.5, 0.6) is 0 Å². The Hall–Kier alpha value is -0.910. The maximum absolute atomic E-state index is 12.5. The lowest BCUT2D eigenvalue weighted by Crippen LogP contribution is -3.05. The van der Waals surface area contributed by atoms with Crippen LogP contribution in [0.15, 0.2) is 11.0 Å². The lowest BCUT2D eigenvalue weighted by atomic mass is 10.0. The third kappa shape index (κ3) is 4.04. The van der Waals surface area contributed by atoms with Gasteiger partial charge in [0, 0.05) is 13.0 Å². The maximum atomic E-state index is 12.5. The number of benzene rings is 1. The van der Waals surface area contributed by atoms with Gasteiger partial charge in [-0.15, -0.1) is 0 Å². The third-order valence-corrected chi connectivity index (χ3v) is 5.45. The molecule has 1 aromatic rings. The molecule has 114 valence electrons. The normalized spacial score (nSPS) is 12.2. The monoisotopic (exact) mass is 299 g/mol. The molecule has 0 heterocycles. The van der Waals surface area contributed by atoms with E-state index in [9.17, 15) is 8.42 Å². The van der Waals surface area contributed by atoms with Crippen LogP contribution < -0.4 is 9.62 Å². The van der Waals surface area contributed by atoms with E-state index in [4.69, 9.17) is 0 Å². The van der Waals surface area contributed by atoms with E-state index < -0.39 is 10.0 Å². The first-order valence-corrected chi connectivity index (χ1v) is 8.51. The van der Waals surface area contributed by atoms with Gasteiger partial charge in [-0.3, -0.25) is 0 Å². The van der Waals surface area contributed by atoms with Crippen molar-refractivity contribution in [3.63, 3.8) is 0 Å². The minimum Gasteiger partial charge on any atom is -0.340 e. The Morgan fingerprint density at radius 2 is 1.55 bits per heavy atom. The Labute approximate surface area is 123 Å². The molecule has 0 aromatic heterocycles. The highest BCUT2D eigenvalue weighted by Gasteiger charge is 2.21. The Balaban J connectivity index is 2.99. The SMILES string of the molecule is Cc1cc(C)c(C)c(S(=O)(=O)NCCC[NH+](C)C)c1C. The summed E-state index contributed by atoms with van der Waals surface area (Å²) in [6.45, 7) is 9.10. The van der Waals surface area contributed by atoms with Gasteiger partial charge >= 0.3 is 0 Å². The molecule has 0 amide bonds. The van der Waals surface area contributed by atoms with Crippen molar-refractivity contribution in [2.45, 2.75) is 39.0 Å². The summed E-state index contributed by atoms with van der Waals surface area (Å²) in [6, 6.07) is 2.04. The average Bonchev–Trinajstić information content (AvgIpc) is 2.32. The molecule has 0 saturated heterocycles. The fourth-order valence-corrected chi connectivity index (χ4v) is 3.99. The molecule has 2 N–H and O–H groups in total. The average molecular weight is 299 g/mol. The highest BCUT2D eigenvalue weighted by Crippen LogP contribution is 2.25. The molecule has 0 bridgehead atoms. The van der Waals surface area contributed by atoms with Gasteiger partial charge in [0.25, 0.3) is 0 Å². The van der Waals surface area contributed by atoms with Gasteiger partial charge in [-0.05, 0) is 49.9 Å². The van der Waals surface area contributed by atoms with Crippen molar-refractivity contribution in [1.82, 2.24) is 4.72 Å². The first-order chi connectivity index (χ1) is 9.16. The van der Waals surface area contributed by atoms with Gasteiger partial charge in [-0.2, -0.15) is 0 Å². The number of sulfonamides is 1. The number of hydrogen-bond donors (Lipinski definition) is 2. The molecule has 1 aromatic carbocycles. The molecule has 0 unspecified atom stereocenters. The molecule has 0 aliphatic heterocycles. The summed E-state index contributed by atoms with van der Waals surface area (Å²) >= 11 is 0. The molecular formula is C15H27N2O2S+. The van der Waals surface area contributed by atoms with E-state index in [1.54, 1.807) is 0 Å². The Morgan fingerprint density at radius 1 is 1.05 bits per heavy atom. The number of nitrogens with one attached hydrogen (secondary N) is 2. The Bertz CT molecular complexity index is 552. The number of quaternary nitrogens is 1. The van der Waals surface area contributed by atoms with Crippen LogP contribution in [0.25, 0.3) is 0 Å². The van der Waals surface area contributed by atoms with Crippen molar-refractivity contribution in [3.05, 3.63) is 28.3 Å². The highest BCUT2D eigenvalue weighted by atomic mass is 32.2. The van der Waals surface area contributed by atoms with E-state index in [1.165, 1.54) is 4.90 Å². The van der Waals surface area contributed by atoms with Crippen LogP contribution in [-0.4, -0.2) is 35.6 Å². The van der Waals surface area contributed by atoms with Crippen molar-refractivity contribution < 1.29 is 13.3 Å². The Kier molecular flexibility index (Phi) is 5.74. The largest absolute Gasteiger partial charge is 0.340 e. The van der Waals surface area contributed by atoms with Crippen molar-refractivity contribution in [2.24, 2.45) is 0 Å². The fourth-order valence-electron chi connectivity index (χ4n) is 2.30. The van der Waals surface area contributed by atoms with Gasteiger partial charge < -0.3 is 4.90 Å². The van der Waals surface area contributed by atoms with E-state index in [0.29, 0.717) is 11.4 Å². The van der Waals surface area contributed by atoms with Crippen LogP contribution in [-0.2, 0) is 10.0 Å². The highest BCUT2D eigenvalue weighted by molar-refractivity contribution is 7.89. The molecule has 0 saturated carbocycles. The summed E-state index contributed by atoms with van der Waals surface area (Å²) in [5, 5.41) is 0. The molecule has 0 atom stereocenters. The van der Waals surface area contributed by atoms with Crippen LogP contribution in [0.1, 0.15) is 28.7 Å². The number of aryl methyl sites for hydroxylation is 2. The molecule has 20 heavy (non-hydrogen) atoms. The summed E-state index contributed by atoms with van der Waals surface area (Å²) in [4.78, 5) is 1.77. The minimum atomic E-state index is -3.42. The van der Waals surface area contributed by atoms with Crippen LogP contribution in [0.4, 0.5) is 0 Å². The fraction of sp³-hybridized carbons (Fsp3) is 0.600. The smallest absolute Gasteiger partial charge is 0.241 e. The zero-order chi connectivity index (χ0) is 15.5. The van der Waals surface area contributed by atoms with Crippen LogP contribution in [0.3, 0.4) is 0 Å². The third-order valence-electron chi connectivity index (χ3n) is 3.71. The molecule has 5 heteroatoms. The number of rotatable bonds is 6. The van der Waals surface area contributed by atoms with E-state index in [-0.39, 0.29) is 0 Å². The van der Waals surface area contributed by atoms with E-state index in [2.05, 4.69) is 18.8 Å². The van der Waals surface area contributed by atoms with Crippen molar-refractivity contribution in [3.8, 4) is 0 Å². The number of hydrogen-bond acceptors (Lipinski definition) is 2. The molecular weight excluding hydrogens is 272 g/mol. The van der Waals surface area contributed by atoms with Gasteiger partial charge in [0.05, 0.1) is 25.5 Å². The second-order valence-electron chi connectivity index (χ2n) is 5.80. The van der Waals surface area contributed by atoms with Crippen molar-refractivity contribution >= 4 is 10.0 Å². The van der Waals surface area contributed by atoms with E-state index in [0.717, 1.165) is 35.2 Å². The molecule has 0 aliphatic rings. The standard InChI is InChI=1S/C15H26N2O2S/c1-11-10-12(2)14(4)15(13(11)3)20(18,19)16-8-7-9-17(5)6/h10,16H,7-9H2,1-6H3/p+1. The zero-order valence-corrected chi connectivity index (χ0v) is 14.2. The lowest BCUT2D eigenvalue weighted by molar-refractivity contribution is -0.858. The molecule has 0 aliphatic carbocycles. The maximum Gasteiger partial charge on any atom is 0.241 e. The summed E-state index contributed by atoms with van der Waals surface area (Å²) in [5.41, 5.74) is 3.73. The summed E-state index contributed by atoms with van der Waals surface area (Å²) < 4.78 is 27.7. The van der Waals surface area contributed by atoms with Gasteiger partial charge in [0.1, 0.15) is 0 Å². The summed E-state index contributed by atoms with van der Waals surface area (Å²) in [5.74, 6) is 0. The predicted molar refractivity (Wildman–Crippen MR) is 82.9 cm³/mol. The topological polar surface area (TPSA) is 50.6 Å². The molecule has 0 radical (unpaired) electrons. The predicted octanol–water partition coefficient (Wildman–Crippen LogP) is 0.733. The summed E-state index contributed by atoms with van der Waals surface area (Å²) in [6.07, 6.45) is 0.838. The first kappa shape index (κ1) is 17.1. The van der Waals surface area contributed by atoms with E-state index >= 15 is 0 Å². The van der Waals surface area contributed by atoms with Crippen molar-refractivity contribution in [2.75, 3.05) is 27.2 Å². The zero-order valence-electron chi connectivity index (χ0n) is 13.4. The van der Waals surface area contributed by atoms with Crippen LogP contribution in [0, 0.1) is 27.7 Å². The summed E-state index contributed by atoms with van der Waals surface area (Å²) in [7, 11) is 0.701. The Morgan fingerprint density at radius 3 is 2.00 bits per heavy atom. The van der Waals surface area contributed by atoms with E-state index in [1.807, 2.05) is 33.8 Å². The second kappa shape index (κ2) is 6.70. The van der Waals surface area contributed by atoms with Crippen molar-refractivity contribution in [1.29, 1.82) is 0 Å². The van der Waals surface area contributed by atoms with Gasteiger partial charge in [0.2, 0.25) is 10.0 Å². The second-order valence-corrected chi connectivity index (χ2v) is 7.50. The quantitative estimate of drug-likeness (QED) is 0.761. The first-order valence-electron chi connectivity index (χ1n) is 7.03. The molecule has 4 nitrogen and oxygen atoms in total. The lowest BCUT2D eigenvalue weighted by Gasteiger charge is -2.16. The van der Waals surface area contributed by atoms with Crippen LogP contribution >= 0.6 is 0 Å². The minimum absolute atomic E-state index is 0.451. The van der Waals surface area contributed by atoms with Gasteiger partial charge in [-0.25, -0.2) is 13.1 Å². The van der Waals surface area contributed by atoms with Gasteiger partial charge in [-0.1, -0.05) is 6.07 Å².